The summed E-state index contributed by atoms with van der Waals surface area (Å²) in [5, 5.41) is 0.140. The van der Waals surface area contributed by atoms with Crippen molar-refractivity contribution >= 4 is 24.1 Å². The molecule has 5 nitrogen and oxygen atoms in total. The van der Waals surface area contributed by atoms with Crippen LogP contribution in [0.4, 0.5) is 0 Å². The van der Waals surface area contributed by atoms with Crippen LogP contribution < -0.4 is 0 Å². The van der Waals surface area contributed by atoms with Crippen LogP contribution in [0.25, 0.3) is 0 Å². The molecule has 4 atom stereocenters. The lowest BCUT2D eigenvalue weighted by Crippen LogP contribution is -2.46. The van der Waals surface area contributed by atoms with Crippen LogP contribution in [0.2, 0.25) is 18.1 Å². The minimum absolute atomic E-state index is 0.116. The third-order valence-electron chi connectivity index (χ3n) is 9.74. The van der Waals surface area contributed by atoms with E-state index in [0.29, 0.717) is 48.4 Å². The number of hydrogen-bond acceptors (Lipinski definition) is 4. The zero-order valence-electron chi connectivity index (χ0n) is 22.6. The van der Waals surface area contributed by atoms with Gasteiger partial charge in [-0.15, -0.1) is 0 Å². The van der Waals surface area contributed by atoms with Crippen LogP contribution in [-0.2, 0) is 19.2 Å². The Morgan fingerprint density at radius 1 is 1.06 bits per heavy atom. The van der Waals surface area contributed by atoms with Crippen molar-refractivity contribution in [3.05, 3.63) is 29.8 Å². The third-order valence-corrected chi connectivity index (χ3v) is 16.2. The highest BCUT2D eigenvalue weighted by atomic mass is 32.2. The van der Waals surface area contributed by atoms with Crippen molar-refractivity contribution in [3.8, 4) is 0 Å². The molecule has 7 heteroatoms. The van der Waals surface area contributed by atoms with E-state index in [4.69, 9.17) is 4.43 Å². The van der Waals surface area contributed by atoms with Gasteiger partial charge in [0.2, 0.25) is 10.0 Å². The van der Waals surface area contributed by atoms with Crippen molar-refractivity contribution in [2.24, 2.45) is 17.3 Å². The zero-order valence-corrected chi connectivity index (χ0v) is 24.4. The standard InChI is InChI=1S/C28H45NO4SSi/c1-21-10-12-24(13-11-21)34(31,32)29-17-7-9-25-26(33-35(5,6)27(2,3)4)20-22-19-23(30)14-16-28(22,25)15-8-18-29/h10-13,22,25-26H,7-9,14-20H2,1-6H3/t22-,25-,26+,28-/m0/s1. The molecule has 4 rings (SSSR count). The lowest BCUT2D eigenvalue weighted by molar-refractivity contribution is -0.125. The SMILES string of the molecule is Cc1ccc(S(=O)(=O)N2CCC[C@H]3[C@H](O[Si](C)(C)C(C)(C)C)C[C@@H]4CC(=O)CC[C@@]43CCC2)cc1. The molecule has 2 aliphatic carbocycles. The fourth-order valence-corrected chi connectivity index (χ4v) is 9.62. The van der Waals surface area contributed by atoms with Crippen LogP contribution in [0, 0.1) is 24.2 Å². The number of nitrogens with zero attached hydrogens (tertiary/aromatic N) is 1. The molecule has 0 N–H and O–H groups in total. The van der Waals surface area contributed by atoms with Crippen LogP contribution >= 0.6 is 0 Å². The highest BCUT2D eigenvalue weighted by Gasteiger charge is 2.58. The Kier molecular flexibility index (Phi) is 7.49. The maximum Gasteiger partial charge on any atom is 0.243 e. The van der Waals surface area contributed by atoms with Gasteiger partial charge in [-0.25, -0.2) is 8.42 Å². The molecule has 1 saturated heterocycles. The number of aryl methyl sites for hydroxylation is 1. The number of carbonyl (C=O) groups is 1. The first-order valence-electron chi connectivity index (χ1n) is 13.5. The first-order chi connectivity index (χ1) is 16.3. The van der Waals surface area contributed by atoms with Gasteiger partial charge in [0.1, 0.15) is 5.78 Å². The molecule has 3 aliphatic rings. The predicted octanol–water partition coefficient (Wildman–Crippen LogP) is 6.33. The van der Waals surface area contributed by atoms with E-state index in [-0.39, 0.29) is 16.6 Å². The van der Waals surface area contributed by atoms with E-state index in [1.807, 2.05) is 19.1 Å². The number of carbonyl (C=O) groups excluding carboxylic acids is 1. The molecule has 0 unspecified atom stereocenters. The van der Waals surface area contributed by atoms with Gasteiger partial charge in [0, 0.05) is 32.0 Å². The van der Waals surface area contributed by atoms with E-state index >= 15 is 0 Å². The number of ketones is 1. The van der Waals surface area contributed by atoms with Crippen LogP contribution in [0.15, 0.2) is 29.2 Å². The van der Waals surface area contributed by atoms with Crippen LogP contribution in [-0.4, -0.2) is 46.0 Å². The minimum Gasteiger partial charge on any atom is -0.414 e. The molecule has 1 aliphatic heterocycles. The highest BCUT2D eigenvalue weighted by molar-refractivity contribution is 7.89. The number of sulfonamides is 1. The molecular weight excluding hydrogens is 474 g/mol. The molecule has 1 heterocycles. The molecule has 35 heavy (non-hydrogen) atoms. The molecule has 0 radical (unpaired) electrons. The normalized spacial score (nSPS) is 31.3. The maximum absolute atomic E-state index is 13.5. The number of Topliss-reactive ketones (excluding diaryl/α,β-unsaturated/α-hetero) is 1. The van der Waals surface area contributed by atoms with Crippen molar-refractivity contribution in [3.63, 3.8) is 0 Å². The summed E-state index contributed by atoms with van der Waals surface area (Å²) in [5.74, 6) is 1.19. The zero-order chi connectivity index (χ0) is 25.6. The molecule has 0 amide bonds. The monoisotopic (exact) mass is 519 g/mol. The summed E-state index contributed by atoms with van der Waals surface area (Å²) in [7, 11) is -5.46. The number of hydrogen-bond donors (Lipinski definition) is 0. The fraction of sp³-hybridized carbons (Fsp3) is 0.750. The predicted molar refractivity (Wildman–Crippen MR) is 143 cm³/mol. The summed E-state index contributed by atoms with van der Waals surface area (Å²) in [5.41, 5.74) is 1.18. The van der Waals surface area contributed by atoms with Gasteiger partial charge in [-0.1, -0.05) is 38.5 Å². The van der Waals surface area contributed by atoms with Gasteiger partial charge in [-0.2, -0.15) is 4.31 Å². The topological polar surface area (TPSA) is 63.7 Å². The van der Waals surface area contributed by atoms with Crippen LogP contribution in [0.3, 0.4) is 0 Å². The van der Waals surface area contributed by atoms with Gasteiger partial charge >= 0.3 is 0 Å². The summed E-state index contributed by atoms with van der Waals surface area (Å²) >= 11 is 0. The molecular formula is C28H45NO4SSi. The second kappa shape index (κ2) is 9.69. The van der Waals surface area contributed by atoms with Gasteiger partial charge < -0.3 is 4.43 Å². The summed E-state index contributed by atoms with van der Waals surface area (Å²) < 4.78 is 35.7. The van der Waals surface area contributed by atoms with Crippen molar-refractivity contribution in [2.75, 3.05) is 13.1 Å². The molecule has 2 saturated carbocycles. The Morgan fingerprint density at radius 3 is 2.37 bits per heavy atom. The third kappa shape index (κ3) is 5.20. The van der Waals surface area contributed by atoms with Gasteiger partial charge in [0.25, 0.3) is 0 Å². The maximum atomic E-state index is 13.5. The first-order valence-corrected chi connectivity index (χ1v) is 17.9. The van der Waals surface area contributed by atoms with Crippen molar-refractivity contribution in [1.29, 1.82) is 0 Å². The molecule has 196 valence electrons. The summed E-state index contributed by atoms with van der Waals surface area (Å²) in [6.07, 6.45) is 7.14. The van der Waals surface area contributed by atoms with Gasteiger partial charge in [-0.3, -0.25) is 4.79 Å². The van der Waals surface area contributed by atoms with E-state index in [1.54, 1.807) is 16.4 Å². The Balaban J connectivity index is 1.59. The van der Waals surface area contributed by atoms with Crippen molar-refractivity contribution in [2.45, 2.75) is 108 Å². The summed E-state index contributed by atoms with van der Waals surface area (Å²) in [4.78, 5) is 12.9. The van der Waals surface area contributed by atoms with E-state index in [9.17, 15) is 13.2 Å². The Bertz CT molecular complexity index is 1030. The average molecular weight is 520 g/mol. The molecule has 3 fully saturated rings. The van der Waals surface area contributed by atoms with Gasteiger partial charge in [-0.05, 0) is 93.0 Å². The summed E-state index contributed by atoms with van der Waals surface area (Å²) in [6, 6.07) is 7.21. The lowest BCUT2D eigenvalue weighted by Gasteiger charge is -2.45. The van der Waals surface area contributed by atoms with Crippen LogP contribution in [0.5, 0.6) is 0 Å². The minimum atomic E-state index is -3.51. The molecule has 0 aromatic heterocycles. The van der Waals surface area contributed by atoms with E-state index in [0.717, 1.165) is 44.1 Å². The highest BCUT2D eigenvalue weighted by Crippen LogP contribution is 2.61. The second-order valence-corrected chi connectivity index (χ2v) is 19.6. The molecule has 1 aromatic rings. The smallest absolute Gasteiger partial charge is 0.243 e. The van der Waals surface area contributed by atoms with Crippen LogP contribution in [0.1, 0.15) is 77.7 Å². The van der Waals surface area contributed by atoms with Crippen molar-refractivity contribution in [1.82, 2.24) is 4.31 Å². The van der Waals surface area contributed by atoms with E-state index in [1.165, 1.54) is 0 Å². The van der Waals surface area contributed by atoms with Gasteiger partial charge in [0.05, 0.1) is 4.90 Å². The number of benzene rings is 1. The fourth-order valence-electron chi connectivity index (χ4n) is 6.73. The van der Waals surface area contributed by atoms with Gasteiger partial charge in [0.15, 0.2) is 8.32 Å². The Labute approximate surface area is 214 Å². The summed E-state index contributed by atoms with van der Waals surface area (Å²) in [6.45, 7) is 14.6. The van der Waals surface area contributed by atoms with E-state index in [2.05, 4.69) is 33.9 Å². The molecule has 1 spiro atoms. The molecule has 0 bridgehead atoms. The quantitative estimate of drug-likeness (QED) is 0.436. The largest absolute Gasteiger partial charge is 0.414 e. The average Bonchev–Trinajstić information content (AvgIpc) is 3.08. The number of rotatable bonds is 4. The van der Waals surface area contributed by atoms with E-state index < -0.39 is 18.3 Å². The Hall–Kier alpha value is -1.02. The first kappa shape index (κ1) is 27.0. The Morgan fingerprint density at radius 2 is 1.71 bits per heavy atom. The molecule has 1 aromatic carbocycles. The lowest BCUT2D eigenvalue weighted by atomic mass is 9.60. The second-order valence-electron chi connectivity index (χ2n) is 12.9. The van der Waals surface area contributed by atoms with Crippen molar-refractivity contribution < 1.29 is 17.6 Å².